The van der Waals surface area contributed by atoms with E-state index in [1.165, 1.54) is 60.4 Å². The van der Waals surface area contributed by atoms with Crippen LogP contribution < -0.4 is 0 Å². The highest BCUT2D eigenvalue weighted by atomic mass is 15.0. The number of benzene rings is 4. The highest BCUT2D eigenvalue weighted by molar-refractivity contribution is 6.21. The fraction of sp³-hybridized carbons (Fsp3) is 0.152. The number of allylic oxidation sites excluding steroid dienone is 4. The molecule has 0 amide bonds. The number of aryl methyl sites for hydroxylation is 2. The highest BCUT2D eigenvalue weighted by Crippen LogP contribution is 2.44. The molecule has 6 aromatic rings. The van der Waals surface area contributed by atoms with Crippen molar-refractivity contribution in [2.24, 2.45) is 5.92 Å². The summed E-state index contributed by atoms with van der Waals surface area (Å²) in [6, 6.07) is 29.2. The van der Waals surface area contributed by atoms with Crippen molar-refractivity contribution in [2.45, 2.75) is 26.8 Å². The Balaban J connectivity index is 1.72. The third-order valence-electron chi connectivity index (χ3n) is 7.88. The molecule has 2 heteroatoms. The summed E-state index contributed by atoms with van der Waals surface area (Å²) in [4.78, 5) is 0. The molecule has 0 aliphatic heterocycles. The summed E-state index contributed by atoms with van der Waals surface area (Å²) in [6.45, 7) is 6.86. The topological polar surface area (TPSA) is 9.86 Å². The molecule has 35 heavy (non-hydrogen) atoms. The molecule has 0 saturated heterocycles. The van der Waals surface area contributed by atoms with Crippen LogP contribution in [0.2, 0.25) is 0 Å². The van der Waals surface area contributed by atoms with Crippen molar-refractivity contribution >= 4 is 43.6 Å². The van der Waals surface area contributed by atoms with E-state index in [-0.39, 0.29) is 0 Å². The lowest BCUT2D eigenvalue weighted by Gasteiger charge is -2.24. The maximum Gasteiger partial charge on any atom is 0.0585 e. The van der Waals surface area contributed by atoms with Gasteiger partial charge in [0, 0.05) is 32.7 Å². The molecule has 2 heterocycles. The number of para-hydroxylation sites is 3. The van der Waals surface area contributed by atoms with Crippen LogP contribution in [-0.4, -0.2) is 9.13 Å². The average molecular weight is 453 g/mol. The van der Waals surface area contributed by atoms with E-state index in [0.29, 0.717) is 12.0 Å². The number of hydrogen-bond donors (Lipinski definition) is 0. The third-order valence-corrected chi connectivity index (χ3v) is 7.88. The van der Waals surface area contributed by atoms with E-state index in [1.54, 1.807) is 0 Å². The normalized spacial score (nSPS) is 17.9. The molecule has 0 spiro atoms. The Kier molecular flexibility index (Phi) is 4.35. The molecular formula is C33H28N2. The summed E-state index contributed by atoms with van der Waals surface area (Å²) in [7, 11) is 0. The summed E-state index contributed by atoms with van der Waals surface area (Å²) in [5, 5.41) is 5.34. The Morgan fingerprint density at radius 1 is 0.657 bits per heavy atom. The molecule has 0 saturated carbocycles. The van der Waals surface area contributed by atoms with Crippen LogP contribution >= 0.6 is 0 Å². The molecule has 2 atom stereocenters. The van der Waals surface area contributed by atoms with Gasteiger partial charge in [0.15, 0.2) is 0 Å². The summed E-state index contributed by atoms with van der Waals surface area (Å²) < 4.78 is 5.05. The van der Waals surface area contributed by atoms with E-state index in [9.17, 15) is 0 Å². The molecule has 7 rings (SSSR count). The van der Waals surface area contributed by atoms with Crippen molar-refractivity contribution < 1.29 is 0 Å². The first-order valence-corrected chi connectivity index (χ1v) is 12.5. The lowest BCUT2D eigenvalue weighted by molar-refractivity contribution is 0.510. The Morgan fingerprint density at radius 2 is 1.40 bits per heavy atom. The smallest absolute Gasteiger partial charge is 0.0585 e. The van der Waals surface area contributed by atoms with Crippen molar-refractivity contribution in [1.82, 2.24) is 9.13 Å². The number of rotatable bonds is 2. The van der Waals surface area contributed by atoms with Crippen LogP contribution in [-0.2, 0) is 0 Å². The lowest BCUT2D eigenvalue weighted by atomic mass is 9.96. The molecule has 2 nitrogen and oxygen atoms in total. The van der Waals surface area contributed by atoms with Gasteiger partial charge in [0.25, 0.3) is 0 Å². The summed E-state index contributed by atoms with van der Waals surface area (Å²) >= 11 is 0. The van der Waals surface area contributed by atoms with Crippen molar-refractivity contribution in [3.8, 4) is 5.69 Å². The van der Waals surface area contributed by atoms with E-state index in [4.69, 9.17) is 0 Å². The van der Waals surface area contributed by atoms with Gasteiger partial charge in [-0.25, -0.2) is 0 Å². The minimum Gasteiger partial charge on any atom is -0.333 e. The van der Waals surface area contributed by atoms with Gasteiger partial charge in [-0.05, 0) is 55.2 Å². The molecule has 170 valence electrons. The predicted molar refractivity (Wildman–Crippen MR) is 150 cm³/mol. The highest BCUT2D eigenvalue weighted by Gasteiger charge is 2.25. The maximum absolute atomic E-state index is 2.57. The summed E-state index contributed by atoms with van der Waals surface area (Å²) in [5.74, 6) is 0.433. The fourth-order valence-corrected chi connectivity index (χ4v) is 6.31. The second kappa shape index (κ2) is 7.48. The molecular weight excluding hydrogens is 424 g/mol. The van der Waals surface area contributed by atoms with Crippen molar-refractivity contribution in [3.63, 3.8) is 0 Å². The first-order chi connectivity index (χ1) is 17.1. The zero-order chi connectivity index (χ0) is 23.7. The van der Waals surface area contributed by atoms with Crippen LogP contribution in [0.4, 0.5) is 0 Å². The maximum atomic E-state index is 2.57. The van der Waals surface area contributed by atoms with E-state index in [2.05, 4.69) is 133 Å². The standard InChI is InChI=1S/C33H28N2/c1-21-12-7-9-18-28(21)35-29-19-10-8-16-26(29)31-23(3)33-27(20-30(31)35)25-17-11-13-22(2)32(25)34(33)24-14-5-4-6-15-24/h4-21,28H,1-3H3. The van der Waals surface area contributed by atoms with E-state index in [1.807, 2.05) is 0 Å². The van der Waals surface area contributed by atoms with Gasteiger partial charge in [0.05, 0.1) is 22.6 Å². The first kappa shape index (κ1) is 20.3. The van der Waals surface area contributed by atoms with Gasteiger partial charge < -0.3 is 9.13 Å². The monoisotopic (exact) mass is 452 g/mol. The molecule has 0 bridgehead atoms. The molecule has 4 aromatic carbocycles. The Morgan fingerprint density at radius 3 is 2.23 bits per heavy atom. The van der Waals surface area contributed by atoms with Crippen LogP contribution in [0.15, 0.2) is 103 Å². The van der Waals surface area contributed by atoms with Gasteiger partial charge in [0.2, 0.25) is 0 Å². The van der Waals surface area contributed by atoms with Crippen LogP contribution in [0.25, 0.3) is 49.3 Å². The van der Waals surface area contributed by atoms with E-state index < -0.39 is 0 Å². The number of fused-ring (bicyclic) bond motifs is 6. The Labute approximate surface area is 205 Å². The minimum absolute atomic E-state index is 0.295. The average Bonchev–Trinajstić information content (AvgIpc) is 3.40. The van der Waals surface area contributed by atoms with Gasteiger partial charge in [-0.1, -0.05) is 85.8 Å². The number of nitrogens with zero attached hydrogens (tertiary/aromatic N) is 2. The Bertz CT molecular complexity index is 1830. The molecule has 1 aliphatic rings. The third kappa shape index (κ3) is 2.77. The van der Waals surface area contributed by atoms with Crippen LogP contribution in [0, 0.1) is 19.8 Å². The van der Waals surface area contributed by atoms with Crippen molar-refractivity contribution in [1.29, 1.82) is 0 Å². The van der Waals surface area contributed by atoms with Gasteiger partial charge in [-0.2, -0.15) is 0 Å². The van der Waals surface area contributed by atoms with E-state index in [0.717, 1.165) is 0 Å². The minimum atomic E-state index is 0.295. The molecule has 0 N–H and O–H groups in total. The molecule has 1 aliphatic carbocycles. The zero-order valence-electron chi connectivity index (χ0n) is 20.4. The molecule has 2 aromatic heterocycles. The lowest BCUT2D eigenvalue weighted by Crippen LogP contribution is -2.15. The van der Waals surface area contributed by atoms with Crippen molar-refractivity contribution in [2.75, 3.05) is 0 Å². The van der Waals surface area contributed by atoms with Gasteiger partial charge in [-0.3, -0.25) is 0 Å². The van der Waals surface area contributed by atoms with Crippen molar-refractivity contribution in [3.05, 3.63) is 114 Å². The number of aromatic nitrogens is 2. The fourth-order valence-electron chi connectivity index (χ4n) is 6.31. The van der Waals surface area contributed by atoms with Crippen LogP contribution in [0.1, 0.15) is 24.1 Å². The Hall–Kier alpha value is -4.04. The molecule has 2 unspecified atom stereocenters. The molecule has 0 radical (unpaired) electrons. The SMILES string of the molecule is Cc1cccc2c3cc4c(c(C)c3n(-c3ccccc3)c12)c1ccccc1n4C1C=CC=CC1C. The van der Waals surface area contributed by atoms with Crippen LogP contribution in [0.5, 0.6) is 0 Å². The second-order valence-electron chi connectivity index (χ2n) is 9.94. The summed E-state index contributed by atoms with van der Waals surface area (Å²) in [5.41, 5.74) is 9.09. The van der Waals surface area contributed by atoms with Gasteiger partial charge >= 0.3 is 0 Å². The molecule has 0 fully saturated rings. The largest absolute Gasteiger partial charge is 0.333 e. The zero-order valence-corrected chi connectivity index (χ0v) is 20.4. The second-order valence-corrected chi connectivity index (χ2v) is 9.94. The first-order valence-electron chi connectivity index (χ1n) is 12.5. The predicted octanol–water partition coefficient (Wildman–Crippen LogP) is 8.81. The number of hydrogen-bond acceptors (Lipinski definition) is 0. The quantitative estimate of drug-likeness (QED) is 0.248. The van der Waals surface area contributed by atoms with Gasteiger partial charge in [0.1, 0.15) is 0 Å². The summed E-state index contributed by atoms with van der Waals surface area (Å²) in [6.07, 6.45) is 9.05. The van der Waals surface area contributed by atoms with E-state index >= 15 is 0 Å². The van der Waals surface area contributed by atoms with Gasteiger partial charge in [-0.15, -0.1) is 0 Å². The van der Waals surface area contributed by atoms with Crippen LogP contribution in [0.3, 0.4) is 0 Å².